The summed E-state index contributed by atoms with van der Waals surface area (Å²) in [5, 5.41) is 14.3. The van der Waals surface area contributed by atoms with Crippen LogP contribution in [0.1, 0.15) is 58.4 Å². The SMILES string of the molecule is Cc1cc(CN(C)CCN)c(CNC(=O)c2cccc(NC3CCCC3)c2C=N)c(=O)[nH]1. The van der Waals surface area contributed by atoms with Gasteiger partial charge in [0, 0.05) is 60.9 Å². The third kappa shape index (κ3) is 5.83. The molecule has 8 heteroatoms. The average Bonchev–Trinajstić information content (AvgIpc) is 3.26. The first-order chi connectivity index (χ1) is 15.4. The fraction of sp³-hybridized carbons (Fsp3) is 0.458. The summed E-state index contributed by atoms with van der Waals surface area (Å²) in [6.45, 7) is 3.76. The van der Waals surface area contributed by atoms with Gasteiger partial charge in [0.15, 0.2) is 0 Å². The van der Waals surface area contributed by atoms with Crippen LogP contribution in [0.25, 0.3) is 0 Å². The fourth-order valence-corrected chi connectivity index (χ4v) is 4.31. The monoisotopic (exact) mass is 438 g/mol. The topological polar surface area (TPSA) is 127 Å². The lowest BCUT2D eigenvalue weighted by Crippen LogP contribution is -2.31. The Balaban J connectivity index is 1.78. The standard InChI is InChI=1S/C24H34N6O2/c1-16-12-17(15-30(2)11-10-25)21(24(32)28-16)14-27-23(31)19-8-5-9-22(20(19)13-26)29-18-6-3-4-7-18/h5,8-9,12-13,18,26,29H,3-4,6-7,10-11,14-15,25H2,1-2H3,(H,27,31)(H,28,32). The molecule has 1 aliphatic carbocycles. The van der Waals surface area contributed by atoms with E-state index in [-0.39, 0.29) is 18.0 Å². The molecule has 2 aromatic rings. The molecule has 0 spiro atoms. The Hall–Kier alpha value is -2.97. The maximum Gasteiger partial charge on any atom is 0.253 e. The summed E-state index contributed by atoms with van der Waals surface area (Å²) in [6.07, 6.45) is 5.83. The van der Waals surface area contributed by atoms with Crippen molar-refractivity contribution >= 4 is 17.8 Å². The van der Waals surface area contributed by atoms with Gasteiger partial charge in [0.1, 0.15) is 0 Å². The maximum atomic E-state index is 13.0. The highest BCUT2D eigenvalue weighted by atomic mass is 16.1. The molecule has 32 heavy (non-hydrogen) atoms. The molecule has 8 nitrogen and oxygen atoms in total. The van der Waals surface area contributed by atoms with E-state index >= 15 is 0 Å². The molecule has 1 aromatic carbocycles. The van der Waals surface area contributed by atoms with E-state index in [1.54, 1.807) is 6.07 Å². The predicted octanol–water partition coefficient (Wildman–Crippen LogP) is 2.36. The molecule has 0 radical (unpaired) electrons. The van der Waals surface area contributed by atoms with E-state index in [1.807, 2.05) is 37.1 Å². The molecular formula is C24H34N6O2. The van der Waals surface area contributed by atoms with Crippen LogP contribution >= 0.6 is 0 Å². The van der Waals surface area contributed by atoms with E-state index in [0.717, 1.165) is 29.8 Å². The number of aromatic amines is 1. The van der Waals surface area contributed by atoms with E-state index in [4.69, 9.17) is 11.1 Å². The zero-order chi connectivity index (χ0) is 23.1. The van der Waals surface area contributed by atoms with Crippen LogP contribution in [0, 0.1) is 12.3 Å². The number of nitrogens with one attached hydrogen (secondary N) is 4. The largest absolute Gasteiger partial charge is 0.382 e. The minimum atomic E-state index is -0.306. The van der Waals surface area contributed by atoms with E-state index in [9.17, 15) is 9.59 Å². The van der Waals surface area contributed by atoms with Gasteiger partial charge in [-0.25, -0.2) is 0 Å². The Morgan fingerprint density at radius 3 is 2.78 bits per heavy atom. The number of likely N-dealkylation sites (N-methyl/N-ethyl adjacent to an activating group) is 1. The van der Waals surface area contributed by atoms with Crippen LogP contribution < -0.4 is 21.9 Å². The first-order valence-electron chi connectivity index (χ1n) is 11.2. The van der Waals surface area contributed by atoms with Crippen LogP contribution in [-0.2, 0) is 13.1 Å². The number of rotatable bonds is 10. The predicted molar refractivity (Wildman–Crippen MR) is 129 cm³/mol. The highest BCUT2D eigenvalue weighted by Crippen LogP contribution is 2.25. The van der Waals surface area contributed by atoms with Crippen LogP contribution in [0.2, 0.25) is 0 Å². The van der Waals surface area contributed by atoms with Crippen molar-refractivity contribution in [1.29, 1.82) is 5.41 Å². The van der Waals surface area contributed by atoms with Crippen LogP contribution in [0.5, 0.6) is 0 Å². The van der Waals surface area contributed by atoms with Gasteiger partial charge in [-0.1, -0.05) is 18.9 Å². The number of H-pyrrole nitrogens is 1. The lowest BCUT2D eigenvalue weighted by atomic mass is 10.0. The molecule has 1 aromatic heterocycles. The lowest BCUT2D eigenvalue weighted by Gasteiger charge is -2.19. The number of anilines is 1. The molecular weight excluding hydrogens is 404 g/mol. The number of carbonyl (C=O) groups is 1. The van der Waals surface area contributed by atoms with Gasteiger partial charge in [-0.05, 0) is 50.6 Å². The molecule has 1 aliphatic rings. The summed E-state index contributed by atoms with van der Waals surface area (Å²) >= 11 is 0. The van der Waals surface area contributed by atoms with Crippen molar-refractivity contribution in [3.05, 3.63) is 62.6 Å². The zero-order valence-electron chi connectivity index (χ0n) is 19.0. The summed E-state index contributed by atoms with van der Waals surface area (Å²) in [5.41, 5.74) is 9.41. The fourth-order valence-electron chi connectivity index (χ4n) is 4.31. The molecule has 0 aliphatic heterocycles. The van der Waals surface area contributed by atoms with Crippen molar-refractivity contribution in [2.24, 2.45) is 5.73 Å². The van der Waals surface area contributed by atoms with Gasteiger partial charge >= 0.3 is 0 Å². The summed E-state index contributed by atoms with van der Waals surface area (Å²) < 4.78 is 0. The summed E-state index contributed by atoms with van der Waals surface area (Å²) in [6, 6.07) is 7.76. The van der Waals surface area contributed by atoms with Crippen LogP contribution in [-0.4, -0.2) is 48.2 Å². The quantitative estimate of drug-likeness (QED) is 0.364. The molecule has 0 saturated heterocycles. The Labute approximate surface area is 189 Å². The molecule has 0 bridgehead atoms. The van der Waals surface area contributed by atoms with Crippen molar-refractivity contribution < 1.29 is 4.79 Å². The Bertz CT molecular complexity index is 1010. The Morgan fingerprint density at radius 1 is 1.34 bits per heavy atom. The third-order valence-corrected chi connectivity index (χ3v) is 5.95. The number of nitrogens with two attached hydrogens (primary N) is 1. The van der Waals surface area contributed by atoms with Gasteiger partial charge in [0.25, 0.3) is 11.5 Å². The van der Waals surface area contributed by atoms with Crippen molar-refractivity contribution in [2.45, 2.75) is 51.7 Å². The number of nitrogens with zero attached hydrogens (tertiary/aromatic N) is 1. The number of pyridine rings is 1. The zero-order valence-corrected chi connectivity index (χ0v) is 19.0. The van der Waals surface area contributed by atoms with Gasteiger partial charge in [-0.15, -0.1) is 0 Å². The number of carbonyl (C=O) groups excluding carboxylic acids is 1. The highest BCUT2D eigenvalue weighted by Gasteiger charge is 2.19. The average molecular weight is 439 g/mol. The number of amides is 1. The minimum absolute atomic E-state index is 0.109. The molecule has 0 unspecified atom stereocenters. The van der Waals surface area contributed by atoms with E-state index in [1.165, 1.54) is 19.1 Å². The van der Waals surface area contributed by atoms with Gasteiger partial charge in [-0.3, -0.25) is 9.59 Å². The molecule has 6 N–H and O–H groups in total. The number of aromatic nitrogens is 1. The van der Waals surface area contributed by atoms with E-state index < -0.39 is 0 Å². The second-order valence-corrected chi connectivity index (χ2v) is 8.53. The Kier molecular flexibility index (Phi) is 8.19. The van der Waals surface area contributed by atoms with Gasteiger partial charge in [0.2, 0.25) is 0 Å². The van der Waals surface area contributed by atoms with Crippen molar-refractivity contribution in [3.63, 3.8) is 0 Å². The van der Waals surface area contributed by atoms with Crippen LogP contribution in [0.3, 0.4) is 0 Å². The summed E-state index contributed by atoms with van der Waals surface area (Å²) in [5.74, 6) is -0.306. The van der Waals surface area contributed by atoms with Gasteiger partial charge in [0.05, 0.1) is 5.56 Å². The molecule has 1 amide bonds. The number of benzene rings is 1. The number of hydrogen-bond donors (Lipinski definition) is 5. The van der Waals surface area contributed by atoms with Gasteiger partial charge < -0.3 is 31.7 Å². The molecule has 1 heterocycles. The van der Waals surface area contributed by atoms with Crippen LogP contribution in [0.15, 0.2) is 29.1 Å². The van der Waals surface area contributed by atoms with E-state index in [0.29, 0.717) is 42.4 Å². The van der Waals surface area contributed by atoms with Gasteiger partial charge in [-0.2, -0.15) is 0 Å². The normalized spacial score (nSPS) is 14.0. The molecule has 1 saturated carbocycles. The third-order valence-electron chi connectivity index (χ3n) is 5.95. The lowest BCUT2D eigenvalue weighted by molar-refractivity contribution is 0.0950. The number of aryl methyl sites for hydroxylation is 1. The molecule has 172 valence electrons. The van der Waals surface area contributed by atoms with Crippen molar-refractivity contribution in [3.8, 4) is 0 Å². The second kappa shape index (κ2) is 11.1. The first-order valence-corrected chi connectivity index (χ1v) is 11.2. The Morgan fingerprint density at radius 2 is 2.09 bits per heavy atom. The molecule has 3 rings (SSSR count). The smallest absolute Gasteiger partial charge is 0.253 e. The van der Waals surface area contributed by atoms with E-state index in [2.05, 4.69) is 15.6 Å². The second-order valence-electron chi connectivity index (χ2n) is 8.53. The highest BCUT2D eigenvalue weighted by molar-refractivity contribution is 6.04. The summed E-state index contributed by atoms with van der Waals surface area (Å²) in [4.78, 5) is 30.5. The number of hydrogen-bond acceptors (Lipinski definition) is 6. The van der Waals surface area contributed by atoms with Crippen molar-refractivity contribution in [2.75, 3.05) is 25.5 Å². The molecule has 1 fully saturated rings. The minimum Gasteiger partial charge on any atom is -0.382 e. The molecule has 0 atom stereocenters. The van der Waals surface area contributed by atoms with Crippen molar-refractivity contribution in [1.82, 2.24) is 15.2 Å². The summed E-state index contributed by atoms with van der Waals surface area (Å²) in [7, 11) is 1.95. The maximum absolute atomic E-state index is 13.0. The first kappa shape index (κ1) is 23.7. The van der Waals surface area contributed by atoms with Crippen LogP contribution in [0.4, 0.5) is 5.69 Å².